The van der Waals surface area contributed by atoms with E-state index in [2.05, 4.69) is 0 Å². The number of hydrogen-bond acceptors (Lipinski definition) is 4. The smallest absolute Gasteiger partial charge is 0.254 e. The quantitative estimate of drug-likeness (QED) is 0.738. The molecule has 0 saturated heterocycles. The average molecular weight is 314 g/mol. The van der Waals surface area contributed by atoms with E-state index in [1.807, 2.05) is 0 Å². The second kappa shape index (κ2) is 8.53. The number of rotatable bonds is 8. The van der Waals surface area contributed by atoms with Gasteiger partial charge in [-0.05, 0) is 18.2 Å². The maximum atomic E-state index is 13.4. The molecule has 5 nitrogen and oxygen atoms in total. The normalized spacial score (nSPS) is 10.2. The number of ether oxygens (including phenoxy) is 2. The Kier molecular flexibility index (Phi) is 7.04. The minimum atomic E-state index is -0.513. The van der Waals surface area contributed by atoms with Crippen molar-refractivity contribution in [2.24, 2.45) is 5.73 Å². The summed E-state index contributed by atoms with van der Waals surface area (Å²) < 4.78 is 23.3. The molecule has 2 N–H and O–H groups in total. The molecule has 1 rings (SSSR count). The predicted octanol–water partition coefficient (Wildman–Crippen LogP) is 1.60. The molecule has 0 aliphatic rings. The van der Waals surface area contributed by atoms with Crippen LogP contribution in [0.25, 0.3) is 0 Å². The molecule has 0 saturated carbocycles. The third-order valence-corrected chi connectivity index (χ3v) is 3.08. The fourth-order valence-corrected chi connectivity index (χ4v) is 1.83. The van der Waals surface area contributed by atoms with E-state index in [0.29, 0.717) is 36.7 Å². The van der Waals surface area contributed by atoms with Gasteiger partial charge in [-0.2, -0.15) is 0 Å². The molecule has 116 valence electrons. The van der Waals surface area contributed by atoms with Crippen LogP contribution < -0.4 is 10.5 Å². The van der Waals surface area contributed by atoms with Crippen LogP contribution in [0.4, 0.5) is 4.39 Å². The molecule has 0 aliphatic heterocycles. The average Bonchev–Trinajstić information content (AvgIpc) is 2.47. The fraction of sp³-hybridized carbons (Fsp3) is 0.429. The largest absolute Gasteiger partial charge is 0.494 e. The van der Waals surface area contributed by atoms with Gasteiger partial charge in [0.1, 0.15) is 0 Å². The first-order valence-electron chi connectivity index (χ1n) is 6.39. The Morgan fingerprint density at radius 2 is 2.10 bits per heavy atom. The van der Waals surface area contributed by atoms with Gasteiger partial charge in [0.25, 0.3) is 5.91 Å². The Balaban J connectivity index is 2.89. The number of nitrogens with zero attached hydrogens (tertiary/aromatic N) is 1. The third-order valence-electron chi connectivity index (χ3n) is 2.88. The van der Waals surface area contributed by atoms with Crippen LogP contribution in [0.5, 0.6) is 5.75 Å². The molecule has 0 spiro atoms. The van der Waals surface area contributed by atoms with Gasteiger partial charge in [0.15, 0.2) is 11.6 Å². The zero-order valence-corrected chi connectivity index (χ0v) is 12.9. The van der Waals surface area contributed by atoms with E-state index in [1.54, 1.807) is 12.0 Å². The number of benzene rings is 1. The van der Waals surface area contributed by atoms with Crippen molar-refractivity contribution in [1.82, 2.24) is 4.90 Å². The number of methoxy groups -OCH3 is 2. The molecular formula is C14H19FN2O3S. The van der Waals surface area contributed by atoms with E-state index in [0.717, 1.165) is 0 Å². The number of hydrogen-bond donors (Lipinski definition) is 1. The molecule has 7 heteroatoms. The van der Waals surface area contributed by atoms with Crippen molar-refractivity contribution in [3.05, 3.63) is 29.6 Å². The van der Waals surface area contributed by atoms with Gasteiger partial charge in [0.05, 0.1) is 18.7 Å². The SMILES string of the molecule is COCCN(CCC(N)=S)C(=O)c1ccc(F)c(OC)c1. The summed E-state index contributed by atoms with van der Waals surface area (Å²) in [4.78, 5) is 14.4. The Morgan fingerprint density at radius 1 is 1.38 bits per heavy atom. The van der Waals surface area contributed by atoms with E-state index in [-0.39, 0.29) is 11.7 Å². The van der Waals surface area contributed by atoms with Gasteiger partial charge in [-0.3, -0.25) is 4.79 Å². The molecule has 0 unspecified atom stereocenters. The van der Waals surface area contributed by atoms with Crippen molar-refractivity contribution in [3.8, 4) is 5.75 Å². The molecule has 0 aliphatic carbocycles. The second-order valence-corrected chi connectivity index (χ2v) is 4.88. The van der Waals surface area contributed by atoms with Gasteiger partial charge in [0.2, 0.25) is 0 Å². The number of nitrogens with two attached hydrogens (primary N) is 1. The van der Waals surface area contributed by atoms with Crippen molar-refractivity contribution in [3.63, 3.8) is 0 Å². The highest BCUT2D eigenvalue weighted by atomic mass is 32.1. The fourth-order valence-electron chi connectivity index (χ4n) is 1.74. The van der Waals surface area contributed by atoms with Crippen molar-refractivity contribution in [1.29, 1.82) is 0 Å². The highest BCUT2D eigenvalue weighted by molar-refractivity contribution is 7.80. The summed E-state index contributed by atoms with van der Waals surface area (Å²) in [5.41, 5.74) is 5.81. The molecule has 0 aromatic heterocycles. The van der Waals surface area contributed by atoms with Crippen LogP contribution >= 0.6 is 12.2 Å². The minimum absolute atomic E-state index is 0.0295. The minimum Gasteiger partial charge on any atom is -0.494 e. The summed E-state index contributed by atoms with van der Waals surface area (Å²) in [6.07, 6.45) is 0.420. The van der Waals surface area contributed by atoms with Gasteiger partial charge in [-0.1, -0.05) is 12.2 Å². The standard InChI is InChI=1S/C14H19FN2O3S/c1-19-8-7-17(6-5-13(16)21)14(18)10-3-4-11(15)12(9-10)20-2/h3-4,9H,5-8H2,1-2H3,(H2,16,21). The molecular weight excluding hydrogens is 295 g/mol. The first-order chi connectivity index (χ1) is 9.99. The molecule has 1 amide bonds. The highest BCUT2D eigenvalue weighted by Gasteiger charge is 2.17. The lowest BCUT2D eigenvalue weighted by atomic mass is 10.1. The summed E-state index contributed by atoms with van der Waals surface area (Å²) in [7, 11) is 2.90. The molecule has 0 bridgehead atoms. The summed E-state index contributed by atoms with van der Waals surface area (Å²) >= 11 is 4.83. The zero-order valence-electron chi connectivity index (χ0n) is 12.1. The van der Waals surface area contributed by atoms with Crippen molar-refractivity contribution >= 4 is 23.1 Å². The third kappa shape index (κ3) is 5.28. The monoisotopic (exact) mass is 314 g/mol. The lowest BCUT2D eigenvalue weighted by Crippen LogP contribution is -2.36. The zero-order chi connectivity index (χ0) is 15.8. The lowest BCUT2D eigenvalue weighted by molar-refractivity contribution is 0.0701. The molecule has 0 radical (unpaired) electrons. The van der Waals surface area contributed by atoms with E-state index >= 15 is 0 Å². The molecule has 21 heavy (non-hydrogen) atoms. The van der Waals surface area contributed by atoms with Crippen LogP contribution in [0.2, 0.25) is 0 Å². The Labute approximate surface area is 128 Å². The number of carbonyl (C=O) groups excluding carboxylic acids is 1. The molecule has 0 heterocycles. The number of carbonyl (C=O) groups is 1. The van der Waals surface area contributed by atoms with Gasteiger partial charge in [0, 0.05) is 32.2 Å². The van der Waals surface area contributed by atoms with Crippen LogP contribution in [-0.4, -0.2) is 49.7 Å². The summed E-state index contributed by atoms with van der Waals surface area (Å²) in [6.45, 7) is 1.18. The number of halogens is 1. The van der Waals surface area contributed by atoms with Crippen LogP contribution in [0.15, 0.2) is 18.2 Å². The van der Waals surface area contributed by atoms with Gasteiger partial charge >= 0.3 is 0 Å². The summed E-state index contributed by atoms with van der Waals surface area (Å²) in [5, 5.41) is 0. The topological polar surface area (TPSA) is 64.8 Å². The van der Waals surface area contributed by atoms with Crippen LogP contribution in [0.3, 0.4) is 0 Å². The van der Waals surface area contributed by atoms with Crippen LogP contribution in [-0.2, 0) is 4.74 Å². The van der Waals surface area contributed by atoms with E-state index in [9.17, 15) is 9.18 Å². The second-order valence-electron chi connectivity index (χ2n) is 4.35. The van der Waals surface area contributed by atoms with Crippen molar-refractivity contribution in [2.75, 3.05) is 33.9 Å². The Bertz CT molecular complexity index is 511. The first-order valence-corrected chi connectivity index (χ1v) is 6.80. The van der Waals surface area contributed by atoms with Gasteiger partial charge in [-0.15, -0.1) is 0 Å². The maximum Gasteiger partial charge on any atom is 0.254 e. The molecule has 0 fully saturated rings. The Morgan fingerprint density at radius 3 is 2.67 bits per heavy atom. The van der Waals surface area contributed by atoms with Crippen LogP contribution in [0, 0.1) is 5.82 Å². The summed E-state index contributed by atoms with van der Waals surface area (Å²) in [5.74, 6) is -0.732. The molecule has 0 atom stereocenters. The number of thiocarbonyl (C=S) groups is 1. The predicted molar refractivity (Wildman–Crippen MR) is 82.1 cm³/mol. The number of amides is 1. The van der Waals surface area contributed by atoms with E-state index in [4.69, 9.17) is 27.4 Å². The molecule has 1 aromatic rings. The van der Waals surface area contributed by atoms with Crippen LogP contribution in [0.1, 0.15) is 16.8 Å². The van der Waals surface area contributed by atoms with Gasteiger partial charge < -0.3 is 20.1 Å². The van der Waals surface area contributed by atoms with E-state index < -0.39 is 5.82 Å². The van der Waals surface area contributed by atoms with Gasteiger partial charge in [-0.25, -0.2) is 4.39 Å². The Hall–Kier alpha value is -1.73. The van der Waals surface area contributed by atoms with Crippen molar-refractivity contribution < 1.29 is 18.7 Å². The maximum absolute atomic E-state index is 13.4. The van der Waals surface area contributed by atoms with Crippen molar-refractivity contribution in [2.45, 2.75) is 6.42 Å². The molecule has 1 aromatic carbocycles. The summed E-state index contributed by atoms with van der Waals surface area (Å²) in [6, 6.07) is 3.99. The first kappa shape index (κ1) is 17.3. The van der Waals surface area contributed by atoms with E-state index in [1.165, 1.54) is 25.3 Å². The highest BCUT2D eigenvalue weighted by Crippen LogP contribution is 2.19. The lowest BCUT2D eigenvalue weighted by Gasteiger charge is -2.22.